The van der Waals surface area contributed by atoms with Gasteiger partial charge in [0.1, 0.15) is 12.2 Å². The number of aryl methyl sites for hydroxylation is 1. The lowest BCUT2D eigenvalue weighted by molar-refractivity contribution is -0.137. The Hall–Kier alpha value is -3.47. The summed E-state index contributed by atoms with van der Waals surface area (Å²) >= 11 is 1.49. The van der Waals surface area contributed by atoms with E-state index >= 15 is 0 Å². The van der Waals surface area contributed by atoms with Crippen LogP contribution in [0.4, 0.5) is 18.9 Å². The van der Waals surface area contributed by atoms with Gasteiger partial charge in [0.2, 0.25) is 11.8 Å². The van der Waals surface area contributed by atoms with E-state index in [0.29, 0.717) is 5.69 Å². The van der Waals surface area contributed by atoms with Gasteiger partial charge in [0.25, 0.3) is 5.56 Å². The van der Waals surface area contributed by atoms with E-state index in [0.717, 1.165) is 31.5 Å². The lowest BCUT2D eigenvalue weighted by Crippen LogP contribution is -2.39. The number of anilines is 1. The quantitative estimate of drug-likeness (QED) is 0.606. The molecule has 0 unspecified atom stereocenters. The number of para-hydroxylation sites is 1. The van der Waals surface area contributed by atoms with Gasteiger partial charge in [-0.25, -0.2) is 4.68 Å². The van der Waals surface area contributed by atoms with Crippen LogP contribution in [-0.4, -0.2) is 40.1 Å². The number of nitrogens with one attached hydrogen (secondary N) is 1. The summed E-state index contributed by atoms with van der Waals surface area (Å²) in [5.74, 6) is -1.40. The maximum Gasteiger partial charge on any atom is 0.418 e. The summed E-state index contributed by atoms with van der Waals surface area (Å²) in [5.41, 5.74) is -1.35. The van der Waals surface area contributed by atoms with Gasteiger partial charge in [-0.3, -0.25) is 14.4 Å². The highest BCUT2D eigenvalue weighted by Crippen LogP contribution is 2.34. The first-order valence-corrected chi connectivity index (χ1v) is 10.2. The normalized spacial score (nSPS) is 11.3. The summed E-state index contributed by atoms with van der Waals surface area (Å²) in [4.78, 5) is 39.7. The van der Waals surface area contributed by atoms with Crippen molar-refractivity contribution < 1.29 is 22.8 Å². The molecule has 1 N–H and O–H groups in total. The fourth-order valence-corrected chi connectivity index (χ4v) is 3.68. The highest BCUT2D eigenvalue weighted by Gasteiger charge is 2.33. The first-order chi connectivity index (χ1) is 15.0. The van der Waals surface area contributed by atoms with Gasteiger partial charge in [0.15, 0.2) is 0 Å². The summed E-state index contributed by atoms with van der Waals surface area (Å²) < 4.78 is 40.2. The van der Waals surface area contributed by atoms with E-state index in [1.54, 1.807) is 6.07 Å². The van der Waals surface area contributed by atoms with Crippen LogP contribution < -0.4 is 10.9 Å². The number of likely N-dealkylation sites (N-methyl/N-ethyl adjacent to an activating group) is 1. The maximum atomic E-state index is 13.1. The number of rotatable bonds is 6. The van der Waals surface area contributed by atoms with Crippen LogP contribution in [0.2, 0.25) is 0 Å². The Morgan fingerprint density at radius 3 is 2.50 bits per heavy atom. The van der Waals surface area contributed by atoms with Crippen molar-refractivity contribution in [1.82, 2.24) is 14.7 Å². The zero-order valence-electron chi connectivity index (χ0n) is 17.1. The number of alkyl halides is 3. The number of benzene rings is 1. The molecule has 2 amide bonds. The van der Waals surface area contributed by atoms with E-state index in [1.807, 2.05) is 19.1 Å². The van der Waals surface area contributed by atoms with Crippen LogP contribution in [-0.2, 0) is 22.3 Å². The van der Waals surface area contributed by atoms with Gasteiger partial charge in [0.05, 0.1) is 22.7 Å². The molecule has 0 aliphatic rings. The number of nitrogens with zero attached hydrogens (tertiary/aromatic N) is 3. The molecule has 0 fully saturated rings. The lowest BCUT2D eigenvalue weighted by atomic mass is 10.1. The van der Waals surface area contributed by atoms with Crippen molar-refractivity contribution in [2.24, 2.45) is 0 Å². The van der Waals surface area contributed by atoms with Gasteiger partial charge in [-0.1, -0.05) is 12.1 Å². The molecule has 0 spiro atoms. The van der Waals surface area contributed by atoms with Gasteiger partial charge >= 0.3 is 6.18 Å². The molecule has 0 bridgehead atoms. The van der Waals surface area contributed by atoms with E-state index in [-0.39, 0.29) is 0 Å². The number of aromatic nitrogens is 2. The first-order valence-electron chi connectivity index (χ1n) is 9.39. The summed E-state index contributed by atoms with van der Waals surface area (Å²) in [6.07, 6.45) is -4.63. The second-order valence-corrected chi connectivity index (χ2v) is 8.25. The van der Waals surface area contributed by atoms with E-state index in [9.17, 15) is 27.6 Å². The lowest BCUT2D eigenvalue weighted by Gasteiger charge is -2.18. The minimum atomic E-state index is -4.63. The molecule has 0 saturated heterocycles. The predicted molar refractivity (Wildman–Crippen MR) is 114 cm³/mol. The minimum Gasteiger partial charge on any atom is -0.335 e. The molecule has 0 radical (unpaired) electrons. The molecular weight excluding hydrogens is 445 g/mol. The number of hydrogen-bond donors (Lipinski definition) is 1. The molecule has 2 aromatic heterocycles. The highest BCUT2D eigenvalue weighted by atomic mass is 32.1. The highest BCUT2D eigenvalue weighted by molar-refractivity contribution is 7.15. The average Bonchev–Trinajstić information content (AvgIpc) is 3.15. The largest absolute Gasteiger partial charge is 0.418 e. The number of hydrogen-bond acceptors (Lipinski definition) is 5. The molecule has 1 aromatic carbocycles. The summed E-state index contributed by atoms with van der Waals surface area (Å²) in [7, 11) is 1.31. The van der Waals surface area contributed by atoms with Crippen molar-refractivity contribution >= 4 is 28.8 Å². The Balaban J connectivity index is 1.67. The van der Waals surface area contributed by atoms with E-state index in [2.05, 4.69) is 10.4 Å². The van der Waals surface area contributed by atoms with E-state index in [4.69, 9.17) is 0 Å². The third kappa shape index (κ3) is 5.61. The molecule has 168 valence electrons. The second-order valence-electron chi connectivity index (χ2n) is 6.97. The summed E-state index contributed by atoms with van der Waals surface area (Å²) in [6.45, 7) is 1.02. The zero-order chi connectivity index (χ0) is 23.5. The number of amides is 2. The van der Waals surface area contributed by atoms with Crippen molar-refractivity contribution in [3.63, 3.8) is 0 Å². The number of carbonyl (C=O) groups excluding carboxylic acids is 2. The average molecular weight is 464 g/mol. The fourth-order valence-electron chi connectivity index (χ4n) is 2.85. The van der Waals surface area contributed by atoms with Crippen LogP contribution in [0.5, 0.6) is 0 Å². The van der Waals surface area contributed by atoms with Crippen molar-refractivity contribution in [2.75, 3.05) is 18.9 Å². The van der Waals surface area contributed by atoms with Crippen LogP contribution in [0.1, 0.15) is 10.4 Å². The van der Waals surface area contributed by atoms with Crippen molar-refractivity contribution in [2.45, 2.75) is 19.6 Å². The Bertz CT molecular complexity index is 1200. The van der Waals surface area contributed by atoms with Crippen LogP contribution >= 0.6 is 11.3 Å². The Morgan fingerprint density at radius 2 is 1.84 bits per heavy atom. The van der Waals surface area contributed by atoms with Gasteiger partial charge in [-0.2, -0.15) is 18.3 Å². The second kappa shape index (κ2) is 9.35. The monoisotopic (exact) mass is 464 g/mol. The van der Waals surface area contributed by atoms with Crippen LogP contribution in [0, 0.1) is 6.92 Å². The third-order valence-electron chi connectivity index (χ3n) is 4.46. The first kappa shape index (κ1) is 23.2. The maximum absolute atomic E-state index is 13.1. The summed E-state index contributed by atoms with van der Waals surface area (Å²) in [5, 5.41) is 6.38. The van der Waals surface area contributed by atoms with Crippen molar-refractivity contribution in [1.29, 1.82) is 0 Å². The Kier molecular flexibility index (Phi) is 6.78. The smallest absolute Gasteiger partial charge is 0.335 e. The predicted octanol–water partition coefficient (Wildman–Crippen LogP) is 3.40. The zero-order valence-corrected chi connectivity index (χ0v) is 18.0. The molecule has 0 atom stereocenters. The Labute approximate surface area is 185 Å². The van der Waals surface area contributed by atoms with Gasteiger partial charge < -0.3 is 10.2 Å². The van der Waals surface area contributed by atoms with Crippen LogP contribution in [0.3, 0.4) is 0 Å². The van der Waals surface area contributed by atoms with Crippen molar-refractivity contribution in [3.8, 4) is 10.6 Å². The molecule has 2 heterocycles. The van der Waals surface area contributed by atoms with Crippen molar-refractivity contribution in [3.05, 3.63) is 69.3 Å². The molecule has 3 aromatic rings. The SMILES string of the molecule is Cc1ccc(-c2ccc(=O)n(CC(=O)N(C)CC(=O)Nc3ccccc3C(F)(F)F)n2)s1. The van der Waals surface area contributed by atoms with Gasteiger partial charge in [-0.15, -0.1) is 11.3 Å². The van der Waals surface area contributed by atoms with Gasteiger partial charge in [0, 0.05) is 18.0 Å². The Morgan fingerprint density at radius 1 is 1.12 bits per heavy atom. The number of halogens is 3. The molecule has 0 aliphatic heterocycles. The third-order valence-corrected chi connectivity index (χ3v) is 5.48. The number of thiophene rings is 1. The molecule has 0 saturated carbocycles. The topological polar surface area (TPSA) is 84.3 Å². The standard InChI is InChI=1S/C21H19F3N4O3S/c1-13-7-9-17(32-13)16-8-10-19(30)28(26-16)12-20(31)27(2)11-18(29)25-15-6-4-3-5-14(15)21(22,23)24/h3-10H,11-12H2,1-2H3,(H,25,29). The van der Waals surface area contributed by atoms with E-state index < -0.39 is 47.9 Å². The molecule has 0 aliphatic carbocycles. The number of carbonyl (C=O) groups is 2. The summed E-state index contributed by atoms with van der Waals surface area (Å²) in [6, 6.07) is 11.2. The molecule has 32 heavy (non-hydrogen) atoms. The van der Waals surface area contributed by atoms with E-state index in [1.165, 1.54) is 36.6 Å². The molecule has 7 nitrogen and oxygen atoms in total. The molecule has 11 heteroatoms. The fraction of sp³-hybridized carbons (Fsp3) is 0.238. The van der Waals surface area contributed by atoms with Crippen LogP contribution in [0.15, 0.2) is 53.3 Å². The minimum absolute atomic E-state index is 0.400. The molecular formula is C21H19F3N4O3S. The molecule has 3 rings (SSSR count). The van der Waals surface area contributed by atoms with Crippen LogP contribution in [0.25, 0.3) is 10.6 Å². The van der Waals surface area contributed by atoms with Gasteiger partial charge in [-0.05, 0) is 37.3 Å².